The predicted octanol–water partition coefficient (Wildman–Crippen LogP) is 2.75. The summed E-state index contributed by atoms with van der Waals surface area (Å²) in [6.45, 7) is 9.92. The second-order valence-corrected chi connectivity index (χ2v) is 5.59. The average Bonchev–Trinajstić information content (AvgIpc) is 2.64. The first kappa shape index (κ1) is 15.1. The van der Waals surface area contributed by atoms with Crippen LogP contribution in [-0.4, -0.2) is 32.0 Å². The van der Waals surface area contributed by atoms with Crippen LogP contribution in [0.5, 0.6) is 11.5 Å². The maximum absolute atomic E-state index is 5.81. The number of para-hydroxylation sites is 1. The first-order valence-electron chi connectivity index (χ1n) is 7.34. The van der Waals surface area contributed by atoms with Crippen LogP contribution in [0.1, 0.15) is 32.8 Å². The van der Waals surface area contributed by atoms with Gasteiger partial charge in [0.1, 0.15) is 0 Å². The lowest BCUT2D eigenvalue weighted by Crippen LogP contribution is -2.37. The Kier molecular flexibility index (Phi) is 5.26. The molecule has 0 atom stereocenters. The highest BCUT2D eigenvalue weighted by atomic mass is 16.5. The molecule has 0 amide bonds. The molecule has 1 aromatic rings. The molecule has 0 aromatic heterocycles. The third-order valence-electron chi connectivity index (χ3n) is 3.25. The van der Waals surface area contributed by atoms with Crippen LogP contribution in [0.3, 0.4) is 0 Å². The highest BCUT2D eigenvalue weighted by Gasteiger charge is 2.18. The van der Waals surface area contributed by atoms with Gasteiger partial charge in [-0.2, -0.15) is 0 Å². The number of hydrogen-bond donors (Lipinski definition) is 1. The van der Waals surface area contributed by atoms with Gasteiger partial charge < -0.3 is 19.5 Å². The van der Waals surface area contributed by atoms with Crippen molar-refractivity contribution in [3.05, 3.63) is 23.8 Å². The molecule has 20 heavy (non-hydrogen) atoms. The van der Waals surface area contributed by atoms with Crippen LogP contribution in [0.25, 0.3) is 0 Å². The van der Waals surface area contributed by atoms with E-state index in [4.69, 9.17) is 14.2 Å². The molecule has 112 valence electrons. The van der Waals surface area contributed by atoms with Crippen LogP contribution in [-0.2, 0) is 11.3 Å². The van der Waals surface area contributed by atoms with Crippen molar-refractivity contribution >= 4 is 0 Å². The van der Waals surface area contributed by atoms with Gasteiger partial charge in [-0.05, 0) is 26.8 Å². The van der Waals surface area contributed by atoms with Crippen molar-refractivity contribution in [1.29, 1.82) is 0 Å². The third-order valence-corrected chi connectivity index (χ3v) is 3.25. The summed E-state index contributed by atoms with van der Waals surface area (Å²) in [5.74, 6) is 1.73. The molecule has 0 saturated carbocycles. The van der Waals surface area contributed by atoms with E-state index in [2.05, 4.69) is 25.2 Å². The van der Waals surface area contributed by atoms with Gasteiger partial charge in [0.2, 0.25) is 0 Å². The molecule has 4 heteroatoms. The van der Waals surface area contributed by atoms with E-state index in [-0.39, 0.29) is 5.60 Å². The Labute approximate surface area is 121 Å². The number of hydrogen-bond acceptors (Lipinski definition) is 4. The molecule has 0 spiro atoms. The minimum atomic E-state index is -0.155. The molecule has 0 bridgehead atoms. The minimum Gasteiger partial charge on any atom is -0.490 e. The molecule has 0 aliphatic carbocycles. The Morgan fingerprint density at radius 1 is 1.25 bits per heavy atom. The summed E-state index contributed by atoms with van der Waals surface area (Å²) in [4.78, 5) is 0. The minimum absolute atomic E-state index is 0.155. The molecular formula is C16H25NO3. The summed E-state index contributed by atoms with van der Waals surface area (Å²) in [5.41, 5.74) is 0.981. The normalized spacial score (nSPS) is 14.9. The van der Waals surface area contributed by atoms with Crippen LogP contribution in [0.2, 0.25) is 0 Å². The third kappa shape index (κ3) is 4.12. The molecule has 1 N–H and O–H groups in total. The molecule has 0 radical (unpaired) electrons. The molecule has 1 aromatic carbocycles. The molecule has 1 heterocycles. The van der Waals surface area contributed by atoms with E-state index in [0.29, 0.717) is 6.61 Å². The molecule has 2 rings (SSSR count). The Morgan fingerprint density at radius 3 is 2.85 bits per heavy atom. The monoisotopic (exact) mass is 279 g/mol. The Balaban J connectivity index is 1.96. The van der Waals surface area contributed by atoms with Crippen LogP contribution >= 0.6 is 0 Å². The highest BCUT2D eigenvalue weighted by molar-refractivity contribution is 5.47. The van der Waals surface area contributed by atoms with Crippen molar-refractivity contribution in [2.24, 2.45) is 0 Å². The summed E-state index contributed by atoms with van der Waals surface area (Å²) in [5, 5.41) is 3.44. The maximum atomic E-state index is 5.81. The van der Waals surface area contributed by atoms with E-state index in [9.17, 15) is 0 Å². The number of rotatable bonds is 6. The lowest BCUT2D eigenvalue weighted by molar-refractivity contribution is -0.00900. The van der Waals surface area contributed by atoms with Gasteiger partial charge in [0.15, 0.2) is 11.5 Å². The zero-order valence-corrected chi connectivity index (χ0v) is 12.7. The van der Waals surface area contributed by atoms with Crippen molar-refractivity contribution < 1.29 is 14.2 Å². The van der Waals surface area contributed by atoms with Gasteiger partial charge in [-0.3, -0.25) is 0 Å². The van der Waals surface area contributed by atoms with E-state index in [1.54, 1.807) is 0 Å². The lowest BCUT2D eigenvalue weighted by Gasteiger charge is -2.25. The number of nitrogens with one attached hydrogen (secondary N) is 1. The summed E-state index contributed by atoms with van der Waals surface area (Å²) in [6, 6.07) is 6.06. The van der Waals surface area contributed by atoms with Gasteiger partial charge in [0, 0.05) is 31.7 Å². The zero-order valence-electron chi connectivity index (χ0n) is 12.7. The smallest absolute Gasteiger partial charge is 0.165 e. The molecule has 4 nitrogen and oxygen atoms in total. The van der Waals surface area contributed by atoms with Crippen molar-refractivity contribution in [2.75, 3.05) is 26.4 Å². The summed E-state index contributed by atoms with van der Waals surface area (Å²) in [6.07, 6.45) is 0.929. The first-order chi connectivity index (χ1) is 9.62. The molecule has 0 fully saturated rings. The molecule has 1 aliphatic heterocycles. The fraction of sp³-hybridized carbons (Fsp3) is 0.625. The largest absolute Gasteiger partial charge is 0.490 e. The van der Waals surface area contributed by atoms with Crippen LogP contribution in [0, 0.1) is 0 Å². The second kappa shape index (κ2) is 6.95. The molecular weight excluding hydrogens is 254 g/mol. The Bertz CT molecular complexity index is 432. The van der Waals surface area contributed by atoms with Gasteiger partial charge in [-0.15, -0.1) is 0 Å². The predicted molar refractivity (Wildman–Crippen MR) is 79.5 cm³/mol. The number of benzene rings is 1. The summed E-state index contributed by atoms with van der Waals surface area (Å²) >= 11 is 0. The van der Waals surface area contributed by atoms with Crippen molar-refractivity contribution in [1.82, 2.24) is 5.32 Å². The van der Waals surface area contributed by atoms with Crippen molar-refractivity contribution in [2.45, 2.75) is 39.3 Å². The van der Waals surface area contributed by atoms with Crippen LogP contribution in [0.4, 0.5) is 0 Å². The van der Waals surface area contributed by atoms with Crippen molar-refractivity contribution in [3.8, 4) is 11.5 Å². The molecule has 0 unspecified atom stereocenters. The Morgan fingerprint density at radius 2 is 2.05 bits per heavy atom. The Hall–Kier alpha value is -1.26. The molecule has 0 saturated heterocycles. The quantitative estimate of drug-likeness (QED) is 0.869. The van der Waals surface area contributed by atoms with E-state index in [1.807, 2.05) is 19.1 Å². The summed E-state index contributed by atoms with van der Waals surface area (Å²) in [7, 11) is 0. The van der Waals surface area contributed by atoms with Gasteiger partial charge in [-0.25, -0.2) is 0 Å². The summed E-state index contributed by atoms with van der Waals surface area (Å²) < 4.78 is 17.2. The average molecular weight is 279 g/mol. The molecule has 1 aliphatic rings. The van der Waals surface area contributed by atoms with Crippen molar-refractivity contribution in [3.63, 3.8) is 0 Å². The van der Waals surface area contributed by atoms with E-state index >= 15 is 0 Å². The van der Waals surface area contributed by atoms with Crippen LogP contribution < -0.4 is 14.8 Å². The topological polar surface area (TPSA) is 39.7 Å². The zero-order chi connectivity index (χ0) is 14.4. The highest BCUT2D eigenvalue weighted by Crippen LogP contribution is 2.33. The number of fused-ring (bicyclic) bond motifs is 1. The first-order valence-corrected chi connectivity index (χ1v) is 7.34. The van der Waals surface area contributed by atoms with Crippen LogP contribution in [0.15, 0.2) is 18.2 Å². The maximum Gasteiger partial charge on any atom is 0.165 e. The number of ether oxygens (including phenoxy) is 3. The lowest BCUT2D eigenvalue weighted by atomic mass is 10.1. The second-order valence-electron chi connectivity index (χ2n) is 5.59. The van der Waals surface area contributed by atoms with Gasteiger partial charge >= 0.3 is 0 Å². The fourth-order valence-electron chi connectivity index (χ4n) is 2.33. The standard InChI is InChI=1S/C16H25NO3/c1-4-20-16(2,3)12-17-11-13-7-5-8-14-15(13)19-10-6-9-18-14/h5,7-8,17H,4,6,9-12H2,1-3H3. The van der Waals surface area contributed by atoms with E-state index in [1.165, 1.54) is 0 Å². The van der Waals surface area contributed by atoms with Gasteiger partial charge in [0.05, 0.1) is 18.8 Å². The fourth-order valence-corrected chi connectivity index (χ4v) is 2.33. The SMILES string of the molecule is CCOC(C)(C)CNCc1cccc2c1OCCCO2. The van der Waals surface area contributed by atoms with Gasteiger partial charge in [-0.1, -0.05) is 12.1 Å². The van der Waals surface area contributed by atoms with E-state index < -0.39 is 0 Å². The van der Waals surface area contributed by atoms with Gasteiger partial charge in [0.25, 0.3) is 0 Å². The van der Waals surface area contributed by atoms with E-state index in [0.717, 1.165) is 49.8 Å².